The summed E-state index contributed by atoms with van der Waals surface area (Å²) < 4.78 is 0. The summed E-state index contributed by atoms with van der Waals surface area (Å²) in [4.78, 5) is 4.69. The van der Waals surface area contributed by atoms with Crippen molar-refractivity contribution >= 4 is 16.8 Å². The molecule has 0 N–H and O–H groups in total. The summed E-state index contributed by atoms with van der Waals surface area (Å²) in [5.41, 5.74) is 0. The molecule has 0 aromatic rings. The zero-order valence-corrected chi connectivity index (χ0v) is 8.57. The minimum Gasteiger partial charge on any atom is -0.279 e. The van der Waals surface area contributed by atoms with Crippen molar-refractivity contribution in [2.24, 2.45) is 4.99 Å². The van der Waals surface area contributed by atoms with Crippen LogP contribution in [0.15, 0.2) is 4.99 Å². The Morgan fingerprint density at radius 2 is 1.92 bits per heavy atom. The number of rotatable bonds is 0. The first-order valence-electron chi connectivity index (χ1n) is 5.07. The van der Waals surface area contributed by atoms with Crippen LogP contribution in [0.5, 0.6) is 0 Å². The van der Waals surface area contributed by atoms with E-state index in [2.05, 4.69) is 6.92 Å². The van der Waals surface area contributed by atoms with E-state index in [0.717, 1.165) is 5.25 Å². The summed E-state index contributed by atoms with van der Waals surface area (Å²) in [7, 11) is 0. The molecule has 0 aromatic carbocycles. The lowest BCUT2D eigenvalue weighted by Gasteiger charge is -2.19. The molecule has 1 saturated carbocycles. The zero-order valence-electron chi connectivity index (χ0n) is 7.75. The summed E-state index contributed by atoms with van der Waals surface area (Å²) >= 11 is 2.02. The maximum absolute atomic E-state index is 4.69. The molecule has 2 aliphatic rings. The van der Waals surface area contributed by atoms with Crippen LogP contribution in [0.4, 0.5) is 0 Å². The Hall–Kier alpha value is 0.0200. The largest absolute Gasteiger partial charge is 0.279 e. The van der Waals surface area contributed by atoms with Crippen LogP contribution in [0.2, 0.25) is 0 Å². The molecule has 1 fully saturated rings. The molecule has 0 saturated heterocycles. The van der Waals surface area contributed by atoms with Gasteiger partial charge in [-0.15, -0.1) is 11.8 Å². The fourth-order valence-electron chi connectivity index (χ4n) is 2.20. The standard InChI is InChI=1S/C10H17NS/c1-8-11-9-6-4-2-3-5-7-10(9)12-8/h9-10H,2-7H2,1H3/t9-,10-/m0/s1. The SMILES string of the molecule is CC1=N[C@H]2CCCCCC[C@@H]2S1. The van der Waals surface area contributed by atoms with Crippen LogP contribution in [-0.2, 0) is 0 Å². The molecule has 2 atom stereocenters. The highest BCUT2D eigenvalue weighted by atomic mass is 32.2. The molecule has 0 spiro atoms. The van der Waals surface area contributed by atoms with Crippen LogP contribution in [-0.4, -0.2) is 16.3 Å². The van der Waals surface area contributed by atoms with E-state index in [1.165, 1.54) is 43.6 Å². The molecule has 12 heavy (non-hydrogen) atoms. The zero-order chi connectivity index (χ0) is 8.39. The van der Waals surface area contributed by atoms with Crippen molar-refractivity contribution in [3.63, 3.8) is 0 Å². The van der Waals surface area contributed by atoms with Crippen molar-refractivity contribution in [3.8, 4) is 0 Å². The van der Waals surface area contributed by atoms with E-state index in [0.29, 0.717) is 6.04 Å². The molecular weight excluding hydrogens is 166 g/mol. The summed E-state index contributed by atoms with van der Waals surface area (Å²) in [5.74, 6) is 0. The van der Waals surface area contributed by atoms with Gasteiger partial charge in [-0.05, 0) is 19.8 Å². The first-order valence-corrected chi connectivity index (χ1v) is 5.95. The van der Waals surface area contributed by atoms with E-state index in [-0.39, 0.29) is 0 Å². The minimum absolute atomic E-state index is 0.676. The predicted octanol–water partition coefficient (Wildman–Crippen LogP) is 3.24. The lowest BCUT2D eigenvalue weighted by molar-refractivity contribution is 0.470. The summed E-state index contributed by atoms with van der Waals surface area (Å²) in [6.45, 7) is 2.16. The van der Waals surface area contributed by atoms with Gasteiger partial charge < -0.3 is 0 Å². The van der Waals surface area contributed by atoms with Gasteiger partial charge in [-0.2, -0.15) is 0 Å². The maximum Gasteiger partial charge on any atom is 0.0652 e. The lowest BCUT2D eigenvalue weighted by Crippen LogP contribution is -2.18. The first kappa shape index (κ1) is 8.61. The Bertz CT molecular complexity index is 188. The van der Waals surface area contributed by atoms with Crippen molar-refractivity contribution in [1.82, 2.24) is 0 Å². The normalized spacial score (nSPS) is 36.6. The van der Waals surface area contributed by atoms with Gasteiger partial charge in [0, 0.05) is 5.25 Å². The van der Waals surface area contributed by atoms with Crippen LogP contribution in [0.3, 0.4) is 0 Å². The van der Waals surface area contributed by atoms with Crippen molar-refractivity contribution in [2.75, 3.05) is 0 Å². The van der Waals surface area contributed by atoms with E-state index in [1.807, 2.05) is 11.8 Å². The smallest absolute Gasteiger partial charge is 0.0652 e. The Morgan fingerprint density at radius 3 is 2.75 bits per heavy atom. The van der Waals surface area contributed by atoms with Gasteiger partial charge in [0.05, 0.1) is 11.1 Å². The fraction of sp³-hybridized carbons (Fsp3) is 0.900. The molecule has 0 amide bonds. The third kappa shape index (κ3) is 1.85. The topological polar surface area (TPSA) is 12.4 Å². The molecule has 1 nitrogen and oxygen atoms in total. The Balaban J connectivity index is 1.98. The monoisotopic (exact) mass is 183 g/mol. The first-order chi connectivity index (χ1) is 5.86. The lowest BCUT2D eigenvalue weighted by atomic mass is 9.97. The Labute approximate surface area is 79.0 Å². The molecule has 1 heterocycles. The van der Waals surface area contributed by atoms with E-state index in [1.54, 1.807) is 0 Å². The van der Waals surface area contributed by atoms with Gasteiger partial charge in [0.15, 0.2) is 0 Å². The van der Waals surface area contributed by atoms with Crippen molar-refractivity contribution in [3.05, 3.63) is 0 Å². The third-order valence-corrected chi connectivity index (χ3v) is 4.14. The number of hydrogen-bond donors (Lipinski definition) is 0. The highest BCUT2D eigenvalue weighted by Crippen LogP contribution is 2.34. The van der Waals surface area contributed by atoms with Crippen molar-refractivity contribution in [2.45, 2.75) is 56.7 Å². The van der Waals surface area contributed by atoms with Gasteiger partial charge in [0.2, 0.25) is 0 Å². The number of hydrogen-bond acceptors (Lipinski definition) is 2. The van der Waals surface area contributed by atoms with Gasteiger partial charge >= 0.3 is 0 Å². The van der Waals surface area contributed by atoms with E-state index >= 15 is 0 Å². The summed E-state index contributed by atoms with van der Waals surface area (Å²) in [6.07, 6.45) is 8.45. The molecule has 1 aliphatic heterocycles. The van der Waals surface area contributed by atoms with Gasteiger partial charge in [-0.1, -0.05) is 25.7 Å². The molecule has 1 aliphatic carbocycles. The van der Waals surface area contributed by atoms with Gasteiger partial charge in [-0.3, -0.25) is 4.99 Å². The molecular formula is C10H17NS. The summed E-state index contributed by atoms with van der Waals surface area (Å²) in [5, 5.41) is 2.16. The van der Waals surface area contributed by atoms with E-state index in [9.17, 15) is 0 Å². The average Bonchev–Trinajstić information content (AvgIpc) is 2.32. The highest BCUT2D eigenvalue weighted by molar-refractivity contribution is 8.14. The maximum atomic E-state index is 4.69. The van der Waals surface area contributed by atoms with Crippen LogP contribution in [0.1, 0.15) is 45.4 Å². The molecule has 0 aromatic heterocycles. The highest BCUT2D eigenvalue weighted by Gasteiger charge is 2.28. The van der Waals surface area contributed by atoms with Gasteiger partial charge in [0.25, 0.3) is 0 Å². The third-order valence-electron chi connectivity index (χ3n) is 2.84. The Kier molecular flexibility index (Phi) is 2.74. The van der Waals surface area contributed by atoms with Gasteiger partial charge in [0.1, 0.15) is 0 Å². The second-order valence-corrected chi connectivity index (χ2v) is 5.30. The Morgan fingerprint density at radius 1 is 1.17 bits per heavy atom. The van der Waals surface area contributed by atoms with Crippen molar-refractivity contribution < 1.29 is 0 Å². The van der Waals surface area contributed by atoms with E-state index in [4.69, 9.17) is 4.99 Å². The number of nitrogens with zero attached hydrogens (tertiary/aromatic N) is 1. The molecule has 2 heteroatoms. The van der Waals surface area contributed by atoms with Crippen LogP contribution >= 0.6 is 11.8 Å². The second kappa shape index (κ2) is 3.82. The van der Waals surface area contributed by atoms with Crippen LogP contribution in [0.25, 0.3) is 0 Å². The summed E-state index contributed by atoms with van der Waals surface area (Å²) in [6, 6.07) is 0.676. The molecule has 0 radical (unpaired) electrons. The fourth-order valence-corrected chi connectivity index (χ4v) is 3.47. The van der Waals surface area contributed by atoms with Crippen molar-refractivity contribution in [1.29, 1.82) is 0 Å². The van der Waals surface area contributed by atoms with Crippen LogP contribution in [0, 0.1) is 0 Å². The number of fused-ring (bicyclic) bond motifs is 1. The molecule has 68 valence electrons. The number of aliphatic imine (C=N–C) groups is 1. The second-order valence-electron chi connectivity index (χ2n) is 3.86. The van der Waals surface area contributed by atoms with E-state index < -0.39 is 0 Å². The quantitative estimate of drug-likeness (QED) is 0.561. The average molecular weight is 183 g/mol. The van der Waals surface area contributed by atoms with Crippen LogP contribution < -0.4 is 0 Å². The molecule has 0 unspecified atom stereocenters. The van der Waals surface area contributed by atoms with Gasteiger partial charge in [-0.25, -0.2) is 0 Å². The molecule has 2 rings (SSSR count). The predicted molar refractivity (Wildman–Crippen MR) is 56.0 cm³/mol. The number of thioether (sulfide) groups is 1. The minimum atomic E-state index is 0.676. The molecule has 0 bridgehead atoms.